The second-order valence-electron chi connectivity index (χ2n) is 6.50. The fourth-order valence-corrected chi connectivity index (χ4v) is 3.46. The first-order valence-corrected chi connectivity index (χ1v) is 8.81. The molecule has 1 aliphatic carbocycles. The minimum Gasteiger partial charge on any atom is -0.379 e. The predicted molar refractivity (Wildman–Crippen MR) is 83.1 cm³/mol. The summed E-state index contributed by atoms with van der Waals surface area (Å²) in [5.41, 5.74) is 0. The van der Waals surface area contributed by atoms with E-state index >= 15 is 0 Å². The second-order valence-corrected chi connectivity index (χ2v) is 6.50. The van der Waals surface area contributed by atoms with Gasteiger partial charge >= 0.3 is 0 Å². The Morgan fingerprint density at radius 2 is 2.05 bits per heavy atom. The molecule has 3 unspecified atom stereocenters. The lowest BCUT2D eigenvalue weighted by atomic mass is 9.98. The van der Waals surface area contributed by atoms with Crippen molar-refractivity contribution in [1.29, 1.82) is 0 Å². The molecule has 118 valence electrons. The summed E-state index contributed by atoms with van der Waals surface area (Å²) in [6.45, 7) is 6.03. The molecule has 0 aromatic rings. The Hall–Kier alpha value is -0.120. The molecule has 0 radical (unpaired) electrons. The van der Waals surface area contributed by atoms with Gasteiger partial charge in [0.25, 0.3) is 0 Å². The predicted octanol–water partition coefficient (Wildman–Crippen LogP) is 3.52. The van der Waals surface area contributed by atoms with Gasteiger partial charge in [0.15, 0.2) is 0 Å². The molecule has 1 saturated heterocycles. The van der Waals surface area contributed by atoms with E-state index in [-0.39, 0.29) is 0 Å². The number of hydrogen-bond acceptors (Lipinski definition) is 3. The lowest BCUT2D eigenvalue weighted by Gasteiger charge is -2.17. The van der Waals surface area contributed by atoms with Crippen molar-refractivity contribution in [1.82, 2.24) is 5.32 Å². The van der Waals surface area contributed by atoms with E-state index in [1.807, 2.05) is 0 Å². The summed E-state index contributed by atoms with van der Waals surface area (Å²) in [5, 5.41) is 3.72. The summed E-state index contributed by atoms with van der Waals surface area (Å²) in [5.74, 6) is 0.983. The highest BCUT2D eigenvalue weighted by Crippen LogP contribution is 2.25. The van der Waals surface area contributed by atoms with Gasteiger partial charge < -0.3 is 14.8 Å². The van der Waals surface area contributed by atoms with Crippen LogP contribution in [0.2, 0.25) is 0 Å². The van der Waals surface area contributed by atoms with Crippen LogP contribution in [0.3, 0.4) is 0 Å². The molecule has 0 aromatic heterocycles. The number of nitrogens with one attached hydrogen (secondary N) is 1. The largest absolute Gasteiger partial charge is 0.379 e. The third-order valence-corrected chi connectivity index (χ3v) is 4.89. The zero-order chi connectivity index (χ0) is 14.0. The van der Waals surface area contributed by atoms with E-state index in [2.05, 4.69) is 12.2 Å². The smallest absolute Gasteiger partial charge is 0.0809 e. The van der Waals surface area contributed by atoms with Crippen molar-refractivity contribution < 1.29 is 9.47 Å². The van der Waals surface area contributed by atoms with Crippen LogP contribution in [0, 0.1) is 5.92 Å². The van der Waals surface area contributed by atoms with E-state index in [0.29, 0.717) is 6.10 Å². The maximum atomic E-state index is 5.70. The van der Waals surface area contributed by atoms with Crippen LogP contribution in [-0.4, -0.2) is 38.5 Å². The Kier molecular flexibility index (Phi) is 7.92. The summed E-state index contributed by atoms with van der Waals surface area (Å²) in [6, 6.07) is 0.754. The maximum absolute atomic E-state index is 5.70. The Morgan fingerprint density at radius 3 is 2.85 bits per heavy atom. The van der Waals surface area contributed by atoms with Crippen molar-refractivity contribution in [2.24, 2.45) is 5.92 Å². The molecule has 0 aromatic carbocycles. The lowest BCUT2D eigenvalue weighted by molar-refractivity contribution is 0.0165. The summed E-state index contributed by atoms with van der Waals surface area (Å²) in [4.78, 5) is 0. The highest BCUT2D eigenvalue weighted by atomic mass is 16.5. The van der Waals surface area contributed by atoms with Gasteiger partial charge in [0.1, 0.15) is 0 Å². The normalized spacial score (nSPS) is 31.4. The van der Waals surface area contributed by atoms with Crippen LogP contribution in [0.4, 0.5) is 0 Å². The Bertz CT molecular complexity index is 241. The van der Waals surface area contributed by atoms with Gasteiger partial charge in [-0.3, -0.25) is 0 Å². The topological polar surface area (TPSA) is 30.5 Å². The molecule has 1 N–H and O–H groups in total. The maximum Gasteiger partial charge on any atom is 0.0809 e. The molecular weight excluding hydrogens is 250 g/mol. The van der Waals surface area contributed by atoms with Crippen LogP contribution in [0.25, 0.3) is 0 Å². The van der Waals surface area contributed by atoms with Gasteiger partial charge in [-0.1, -0.05) is 26.2 Å². The molecule has 2 fully saturated rings. The highest BCUT2D eigenvalue weighted by molar-refractivity contribution is 4.74. The van der Waals surface area contributed by atoms with Gasteiger partial charge in [0, 0.05) is 19.3 Å². The lowest BCUT2D eigenvalue weighted by Crippen LogP contribution is -2.30. The molecule has 2 aliphatic rings. The van der Waals surface area contributed by atoms with Crippen LogP contribution >= 0.6 is 0 Å². The standard InChI is InChI=1S/C17H33NO2/c1-2-15-6-3-7-16(10-9-15)18-11-5-12-19-14-17-8-4-13-20-17/h15-18H,2-14H2,1H3. The molecule has 1 heterocycles. The third kappa shape index (κ3) is 6.11. The average Bonchev–Trinajstić information content (AvgIpc) is 2.88. The van der Waals surface area contributed by atoms with E-state index in [4.69, 9.17) is 9.47 Å². The van der Waals surface area contributed by atoms with Gasteiger partial charge in [0.05, 0.1) is 12.7 Å². The highest BCUT2D eigenvalue weighted by Gasteiger charge is 2.17. The Morgan fingerprint density at radius 1 is 1.10 bits per heavy atom. The van der Waals surface area contributed by atoms with Crippen molar-refractivity contribution in [3.63, 3.8) is 0 Å². The fourth-order valence-electron chi connectivity index (χ4n) is 3.46. The third-order valence-electron chi connectivity index (χ3n) is 4.89. The Balaban J connectivity index is 1.44. The van der Waals surface area contributed by atoms with Gasteiger partial charge in [-0.25, -0.2) is 0 Å². The van der Waals surface area contributed by atoms with Gasteiger partial charge in [-0.2, -0.15) is 0 Å². The van der Waals surface area contributed by atoms with Crippen LogP contribution in [0.1, 0.15) is 64.7 Å². The first kappa shape index (κ1) is 16.3. The Labute approximate surface area is 124 Å². The number of rotatable bonds is 8. The molecule has 0 amide bonds. The first-order chi connectivity index (χ1) is 9.88. The average molecular weight is 283 g/mol. The van der Waals surface area contributed by atoms with E-state index in [1.165, 1.54) is 51.4 Å². The van der Waals surface area contributed by atoms with E-state index in [0.717, 1.165) is 44.7 Å². The first-order valence-electron chi connectivity index (χ1n) is 8.81. The quantitative estimate of drug-likeness (QED) is 0.546. The fraction of sp³-hybridized carbons (Fsp3) is 1.00. The van der Waals surface area contributed by atoms with Crippen LogP contribution in [0.5, 0.6) is 0 Å². The van der Waals surface area contributed by atoms with Crippen LogP contribution < -0.4 is 5.32 Å². The van der Waals surface area contributed by atoms with Crippen molar-refractivity contribution in [2.45, 2.75) is 76.9 Å². The number of ether oxygens (including phenoxy) is 2. The van der Waals surface area contributed by atoms with Gasteiger partial charge in [0.2, 0.25) is 0 Å². The summed E-state index contributed by atoms with van der Waals surface area (Å²) < 4.78 is 11.2. The molecule has 3 heteroatoms. The summed E-state index contributed by atoms with van der Waals surface area (Å²) in [7, 11) is 0. The monoisotopic (exact) mass is 283 g/mol. The van der Waals surface area contributed by atoms with Crippen molar-refractivity contribution >= 4 is 0 Å². The molecule has 0 bridgehead atoms. The van der Waals surface area contributed by atoms with Crippen molar-refractivity contribution in [3.05, 3.63) is 0 Å². The second kappa shape index (κ2) is 9.75. The molecule has 1 aliphatic heterocycles. The molecule has 0 spiro atoms. The number of hydrogen-bond donors (Lipinski definition) is 1. The van der Waals surface area contributed by atoms with E-state index in [9.17, 15) is 0 Å². The van der Waals surface area contributed by atoms with Crippen molar-refractivity contribution in [3.8, 4) is 0 Å². The molecule has 3 nitrogen and oxygen atoms in total. The molecular formula is C17H33NO2. The minimum atomic E-state index is 0.371. The molecule has 2 rings (SSSR count). The zero-order valence-corrected chi connectivity index (χ0v) is 13.2. The minimum absolute atomic E-state index is 0.371. The van der Waals surface area contributed by atoms with Crippen LogP contribution in [0.15, 0.2) is 0 Å². The van der Waals surface area contributed by atoms with Crippen molar-refractivity contribution in [2.75, 3.05) is 26.4 Å². The summed E-state index contributed by atoms with van der Waals surface area (Å²) >= 11 is 0. The SMILES string of the molecule is CCC1CCCC(NCCCOCC2CCCO2)CC1. The molecule has 1 saturated carbocycles. The molecule has 20 heavy (non-hydrogen) atoms. The van der Waals surface area contributed by atoms with E-state index in [1.54, 1.807) is 0 Å². The van der Waals surface area contributed by atoms with Gasteiger partial charge in [-0.05, 0) is 51.0 Å². The summed E-state index contributed by atoms with van der Waals surface area (Å²) in [6.07, 6.45) is 12.3. The van der Waals surface area contributed by atoms with Crippen LogP contribution in [-0.2, 0) is 9.47 Å². The van der Waals surface area contributed by atoms with Gasteiger partial charge in [-0.15, -0.1) is 0 Å². The van der Waals surface area contributed by atoms with E-state index < -0.39 is 0 Å². The molecule has 3 atom stereocenters. The zero-order valence-electron chi connectivity index (χ0n) is 13.2.